The van der Waals surface area contributed by atoms with Crippen molar-refractivity contribution in [2.45, 2.75) is 26.0 Å². The van der Waals surface area contributed by atoms with Crippen LogP contribution in [0.1, 0.15) is 33.5 Å². The number of carbonyl (C=O) groups excluding carboxylic acids is 3. The number of fused-ring (bicyclic) bond motifs is 1. The van der Waals surface area contributed by atoms with E-state index in [2.05, 4.69) is 5.32 Å². The molecule has 6 heteroatoms. The van der Waals surface area contributed by atoms with Gasteiger partial charge in [-0.25, -0.2) is 4.79 Å². The highest BCUT2D eigenvalue weighted by molar-refractivity contribution is 5.90. The van der Waals surface area contributed by atoms with E-state index in [4.69, 9.17) is 4.74 Å². The number of ether oxygens (including phenoxy) is 1. The molecule has 0 saturated heterocycles. The maximum absolute atomic E-state index is 12.3. The van der Waals surface area contributed by atoms with Gasteiger partial charge in [0.05, 0.1) is 5.56 Å². The van der Waals surface area contributed by atoms with Gasteiger partial charge in [-0.15, -0.1) is 0 Å². The van der Waals surface area contributed by atoms with E-state index < -0.39 is 17.9 Å². The number of rotatable bonds is 5. The second-order valence-corrected chi connectivity index (χ2v) is 6.24. The monoisotopic (exact) mass is 352 g/mol. The molecule has 1 atom stereocenters. The van der Waals surface area contributed by atoms with Gasteiger partial charge in [0.2, 0.25) is 5.91 Å². The summed E-state index contributed by atoms with van der Waals surface area (Å²) in [5.74, 6) is -2.76. The predicted molar refractivity (Wildman–Crippen MR) is 90.7 cm³/mol. The maximum Gasteiger partial charge on any atom is 0.338 e. The lowest BCUT2D eigenvalue weighted by Gasteiger charge is -2.14. The van der Waals surface area contributed by atoms with E-state index in [0.717, 1.165) is 16.7 Å². The fourth-order valence-corrected chi connectivity index (χ4v) is 2.97. The smallest absolute Gasteiger partial charge is 0.338 e. The van der Waals surface area contributed by atoms with Crippen molar-refractivity contribution >= 4 is 17.8 Å². The summed E-state index contributed by atoms with van der Waals surface area (Å²) in [5.41, 5.74) is 2.89. The predicted octanol–water partition coefficient (Wildman–Crippen LogP) is 0.972. The maximum atomic E-state index is 12.3. The number of hydrogen-bond acceptors (Lipinski definition) is 5. The van der Waals surface area contributed by atoms with E-state index in [-0.39, 0.29) is 25.4 Å². The zero-order chi connectivity index (χ0) is 18.5. The first-order valence-corrected chi connectivity index (χ1v) is 8.33. The minimum absolute atomic E-state index is 0.171. The topological polar surface area (TPSA) is 95.5 Å². The summed E-state index contributed by atoms with van der Waals surface area (Å²) in [4.78, 5) is 35.2. The Morgan fingerprint density at radius 1 is 1.12 bits per heavy atom. The summed E-state index contributed by atoms with van der Waals surface area (Å²) < 4.78 is 5.32. The molecule has 1 heterocycles. The molecule has 0 spiro atoms. The third-order valence-electron chi connectivity index (χ3n) is 4.36. The molecule has 0 saturated carbocycles. The van der Waals surface area contributed by atoms with E-state index >= 15 is 0 Å². The normalized spacial score (nSPS) is 16.2. The van der Waals surface area contributed by atoms with Crippen LogP contribution in [0.2, 0.25) is 0 Å². The number of aliphatic carboxylic acids is 1. The molecule has 26 heavy (non-hydrogen) atoms. The van der Waals surface area contributed by atoms with Gasteiger partial charge in [-0.05, 0) is 41.7 Å². The lowest BCUT2D eigenvalue weighted by atomic mass is 9.93. The molecular formula is C20H18NO5-. The fourth-order valence-electron chi connectivity index (χ4n) is 2.97. The molecule has 2 aromatic rings. The van der Waals surface area contributed by atoms with Crippen molar-refractivity contribution in [1.82, 2.24) is 5.32 Å². The van der Waals surface area contributed by atoms with Crippen LogP contribution in [0.3, 0.4) is 0 Å². The van der Waals surface area contributed by atoms with Crippen molar-refractivity contribution in [2.24, 2.45) is 5.92 Å². The van der Waals surface area contributed by atoms with E-state index in [1.54, 1.807) is 18.2 Å². The minimum atomic E-state index is -1.27. The molecule has 0 aromatic heterocycles. The van der Waals surface area contributed by atoms with Crippen LogP contribution in [0.25, 0.3) is 0 Å². The molecule has 2 aromatic carbocycles. The van der Waals surface area contributed by atoms with Crippen LogP contribution >= 0.6 is 0 Å². The Bertz CT molecular complexity index is 831. The Kier molecular flexibility index (Phi) is 5.31. The van der Waals surface area contributed by atoms with Crippen LogP contribution in [0, 0.1) is 5.92 Å². The Morgan fingerprint density at radius 3 is 2.62 bits per heavy atom. The summed E-state index contributed by atoms with van der Waals surface area (Å²) in [7, 11) is 0. The number of carboxylic acid groups (broad SMARTS) is 1. The van der Waals surface area contributed by atoms with Gasteiger partial charge >= 0.3 is 5.97 Å². The number of esters is 1. The van der Waals surface area contributed by atoms with Crippen molar-refractivity contribution in [3.8, 4) is 0 Å². The number of benzene rings is 2. The van der Waals surface area contributed by atoms with E-state index in [1.807, 2.05) is 30.3 Å². The van der Waals surface area contributed by atoms with Gasteiger partial charge in [0.1, 0.15) is 6.61 Å². The average molecular weight is 352 g/mol. The molecule has 134 valence electrons. The van der Waals surface area contributed by atoms with Crippen LogP contribution < -0.4 is 10.4 Å². The quantitative estimate of drug-likeness (QED) is 0.809. The van der Waals surface area contributed by atoms with Gasteiger partial charge in [0.25, 0.3) is 0 Å². The highest BCUT2D eigenvalue weighted by Crippen LogP contribution is 2.22. The number of nitrogens with one attached hydrogen (secondary N) is 1. The number of amides is 1. The van der Waals surface area contributed by atoms with E-state index in [0.29, 0.717) is 12.1 Å². The Hall–Kier alpha value is -3.15. The molecule has 1 unspecified atom stereocenters. The highest BCUT2D eigenvalue weighted by atomic mass is 16.5. The van der Waals surface area contributed by atoms with E-state index in [1.165, 1.54) is 0 Å². The van der Waals surface area contributed by atoms with Crippen molar-refractivity contribution in [2.75, 3.05) is 0 Å². The Labute approximate surface area is 150 Å². The molecule has 0 aliphatic carbocycles. The third-order valence-corrected chi connectivity index (χ3v) is 4.36. The molecule has 0 bridgehead atoms. The standard InChI is InChI=1S/C20H19NO5/c22-18(23)10-17-9-16-8-14(6-7-15(16)11-21-19(17)24)20(25)26-12-13-4-2-1-3-5-13/h1-8,17H,9-12H2,(H,21,24)(H,22,23)/p-1. The molecule has 1 N–H and O–H groups in total. The van der Waals surface area contributed by atoms with Crippen LogP contribution in [-0.2, 0) is 33.9 Å². The molecular weight excluding hydrogens is 334 g/mol. The highest BCUT2D eigenvalue weighted by Gasteiger charge is 2.24. The summed E-state index contributed by atoms with van der Waals surface area (Å²) in [6.45, 7) is 0.473. The molecule has 1 aliphatic rings. The van der Waals surface area contributed by atoms with Crippen molar-refractivity contribution < 1.29 is 24.2 Å². The third kappa shape index (κ3) is 4.27. The summed E-state index contributed by atoms with van der Waals surface area (Å²) in [5, 5.41) is 13.6. The summed E-state index contributed by atoms with van der Waals surface area (Å²) >= 11 is 0. The van der Waals surface area contributed by atoms with Crippen molar-refractivity contribution in [3.05, 3.63) is 70.8 Å². The van der Waals surface area contributed by atoms with Crippen LogP contribution in [0.5, 0.6) is 0 Å². The molecule has 1 amide bonds. The summed E-state index contributed by atoms with van der Waals surface area (Å²) in [6, 6.07) is 14.4. The first-order chi connectivity index (χ1) is 12.5. The minimum Gasteiger partial charge on any atom is -0.550 e. The molecule has 1 aliphatic heterocycles. The SMILES string of the molecule is O=C([O-])CC1Cc2cc(C(=O)OCc3ccccc3)ccc2CNC1=O. The van der Waals surface area contributed by atoms with Crippen LogP contribution in [0.4, 0.5) is 0 Å². The second-order valence-electron chi connectivity index (χ2n) is 6.24. The Morgan fingerprint density at radius 2 is 1.88 bits per heavy atom. The first-order valence-electron chi connectivity index (χ1n) is 8.33. The first kappa shape index (κ1) is 17.7. The van der Waals surface area contributed by atoms with Gasteiger partial charge in [-0.3, -0.25) is 4.79 Å². The lowest BCUT2D eigenvalue weighted by Crippen LogP contribution is -2.34. The zero-order valence-corrected chi connectivity index (χ0v) is 14.1. The molecule has 6 nitrogen and oxygen atoms in total. The van der Waals surface area contributed by atoms with E-state index in [9.17, 15) is 19.5 Å². The van der Waals surface area contributed by atoms with Crippen molar-refractivity contribution in [3.63, 3.8) is 0 Å². The van der Waals surface area contributed by atoms with Gasteiger partial charge < -0.3 is 20.0 Å². The number of hydrogen-bond donors (Lipinski definition) is 1. The number of carbonyl (C=O) groups is 3. The molecule has 0 fully saturated rings. The van der Waals surface area contributed by atoms with Gasteiger partial charge in [-0.1, -0.05) is 36.4 Å². The van der Waals surface area contributed by atoms with Gasteiger partial charge in [0.15, 0.2) is 0 Å². The lowest BCUT2D eigenvalue weighted by molar-refractivity contribution is -0.306. The molecule has 0 radical (unpaired) electrons. The van der Waals surface area contributed by atoms with Gasteiger partial charge in [-0.2, -0.15) is 0 Å². The van der Waals surface area contributed by atoms with Gasteiger partial charge in [0, 0.05) is 18.4 Å². The Balaban J connectivity index is 1.74. The second kappa shape index (κ2) is 7.82. The van der Waals surface area contributed by atoms with Crippen molar-refractivity contribution in [1.29, 1.82) is 0 Å². The summed E-state index contributed by atoms with van der Waals surface area (Å²) in [6.07, 6.45) is -0.108. The van der Waals surface area contributed by atoms with Crippen LogP contribution in [-0.4, -0.2) is 17.8 Å². The zero-order valence-electron chi connectivity index (χ0n) is 14.1. The van der Waals surface area contributed by atoms with Crippen LogP contribution in [0.15, 0.2) is 48.5 Å². The largest absolute Gasteiger partial charge is 0.550 e. The average Bonchev–Trinajstić information content (AvgIpc) is 2.79. The fraction of sp³-hybridized carbons (Fsp3) is 0.250. The molecule has 3 rings (SSSR count). The number of carboxylic acids is 1.